The van der Waals surface area contributed by atoms with Crippen LogP contribution < -0.4 is 0 Å². The van der Waals surface area contributed by atoms with Crippen LogP contribution in [0.3, 0.4) is 0 Å². The SMILES string of the molecule is CCOCCN(C)S(=O)(=O)c1[nH]ncc1C(=O)O. The molecule has 0 aliphatic carbocycles. The van der Waals surface area contributed by atoms with Gasteiger partial charge in [-0.15, -0.1) is 0 Å². The Kier molecular flexibility index (Phi) is 4.82. The van der Waals surface area contributed by atoms with Crippen LogP contribution in [0.25, 0.3) is 0 Å². The van der Waals surface area contributed by atoms with Crippen LogP contribution in [0.1, 0.15) is 17.3 Å². The fraction of sp³-hybridized carbons (Fsp3) is 0.556. The molecule has 0 radical (unpaired) electrons. The van der Waals surface area contributed by atoms with E-state index in [1.54, 1.807) is 6.92 Å². The molecule has 9 heteroatoms. The van der Waals surface area contributed by atoms with Gasteiger partial charge in [0, 0.05) is 20.2 Å². The third-order valence-corrected chi connectivity index (χ3v) is 4.09. The number of hydrogen-bond acceptors (Lipinski definition) is 5. The van der Waals surface area contributed by atoms with Gasteiger partial charge in [0.1, 0.15) is 5.56 Å². The summed E-state index contributed by atoms with van der Waals surface area (Å²) in [6.07, 6.45) is 0.964. The van der Waals surface area contributed by atoms with Crippen LogP contribution in [0, 0.1) is 0 Å². The van der Waals surface area contributed by atoms with E-state index >= 15 is 0 Å². The number of carboxylic acid groups (broad SMARTS) is 1. The first-order chi connectivity index (χ1) is 8.41. The predicted molar refractivity (Wildman–Crippen MR) is 61.9 cm³/mol. The predicted octanol–water partition coefficient (Wildman–Crippen LogP) is -0.235. The van der Waals surface area contributed by atoms with Crippen LogP contribution in [0.5, 0.6) is 0 Å². The van der Waals surface area contributed by atoms with Crippen LogP contribution in [0.4, 0.5) is 0 Å². The lowest BCUT2D eigenvalue weighted by Gasteiger charge is -2.16. The van der Waals surface area contributed by atoms with Crippen molar-refractivity contribution >= 4 is 16.0 Å². The largest absolute Gasteiger partial charge is 0.478 e. The van der Waals surface area contributed by atoms with Crippen molar-refractivity contribution in [2.45, 2.75) is 11.9 Å². The number of aromatic carboxylic acids is 1. The number of aromatic amines is 1. The molecule has 1 rings (SSSR count). The Labute approximate surface area is 105 Å². The molecule has 1 heterocycles. The van der Waals surface area contributed by atoms with Gasteiger partial charge in [-0.25, -0.2) is 13.2 Å². The Bertz CT molecular complexity index is 510. The fourth-order valence-corrected chi connectivity index (χ4v) is 2.45. The molecule has 102 valence electrons. The Morgan fingerprint density at radius 2 is 2.28 bits per heavy atom. The van der Waals surface area contributed by atoms with Gasteiger partial charge in [0.05, 0.1) is 12.8 Å². The number of nitrogens with zero attached hydrogens (tertiary/aromatic N) is 2. The van der Waals surface area contributed by atoms with Gasteiger partial charge >= 0.3 is 5.97 Å². The molecule has 0 aliphatic rings. The van der Waals surface area contributed by atoms with Gasteiger partial charge in [-0.05, 0) is 6.92 Å². The number of hydrogen-bond donors (Lipinski definition) is 2. The summed E-state index contributed by atoms with van der Waals surface area (Å²) in [6, 6.07) is 0. The van der Waals surface area contributed by atoms with E-state index < -0.39 is 21.0 Å². The molecular weight excluding hydrogens is 262 g/mol. The second-order valence-electron chi connectivity index (χ2n) is 3.44. The minimum Gasteiger partial charge on any atom is -0.478 e. The first kappa shape index (κ1) is 14.6. The smallest absolute Gasteiger partial charge is 0.340 e. The highest BCUT2D eigenvalue weighted by Gasteiger charge is 2.28. The lowest BCUT2D eigenvalue weighted by atomic mass is 10.4. The van der Waals surface area contributed by atoms with Gasteiger partial charge in [-0.1, -0.05) is 0 Å². The van der Waals surface area contributed by atoms with Crippen LogP contribution in [-0.4, -0.2) is 60.8 Å². The standard InChI is InChI=1S/C9H15N3O5S/c1-3-17-5-4-12(2)18(15,16)8-7(9(13)14)6-10-11-8/h6H,3-5H2,1-2H3,(H,10,11)(H,13,14). The molecule has 0 saturated heterocycles. The molecule has 1 aromatic heterocycles. The Hall–Kier alpha value is -1.45. The average Bonchev–Trinajstić information content (AvgIpc) is 2.78. The summed E-state index contributed by atoms with van der Waals surface area (Å²) in [6.45, 7) is 2.65. The molecule has 8 nitrogen and oxygen atoms in total. The lowest BCUT2D eigenvalue weighted by Crippen LogP contribution is -2.31. The molecule has 0 aliphatic heterocycles. The van der Waals surface area contributed by atoms with Gasteiger partial charge in [-0.3, -0.25) is 5.10 Å². The summed E-state index contributed by atoms with van der Waals surface area (Å²) in [5.74, 6) is -1.35. The number of rotatable bonds is 7. The van der Waals surface area contributed by atoms with Gasteiger partial charge in [0.15, 0.2) is 5.03 Å². The second kappa shape index (κ2) is 5.94. The molecule has 1 aromatic rings. The lowest BCUT2D eigenvalue weighted by molar-refractivity contribution is 0.0692. The van der Waals surface area contributed by atoms with Crippen molar-refractivity contribution in [1.29, 1.82) is 0 Å². The zero-order valence-electron chi connectivity index (χ0n) is 10.1. The first-order valence-electron chi connectivity index (χ1n) is 5.22. The minimum atomic E-state index is -3.90. The number of H-pyrrole nitrogens is 1. The van der Waals surface area contributed by atoms with E-state index in [-0.39, 0.29) is 18.7 Å². The van der Waals surface area contributed by atoms with Crippen molar-refractivity contribution in [3.63, 3.8) is 0 Å². The topological polar surface area (TPSA) is 113 Å². The van der Waals surface area contributed by atoms with Gasteiger partial charge in [-0.2, -0.15) is 9.40 Å². The molecule has 0 amide bonds. The molecule has 0 bridgehead atoms. The van der Waals surface area contributed by atoms with E-state index in [0.717, 1.165) is 10.5 Å². The quantitative estimate of drug-likeness (QED) is 0.665. The number of aromatic nitrogens is 2. The van der Waals surface area contributed by atoms with E-state index in [9.17, 15) is 13.2 Å². The summed E-state index contributed by atoms with van der Waals surface area (Å²) < 4.78 is 30.2. The summed E-state index contributed by atoms with van der Waals surface area (Å²) in [5, 5.41) is 14.1. The van der Waals surface area contributed by atoms with Crippen molar-refractivity contribution in [3.8, 4) is 0 Å². The van der Waals surface area contributed by atoms with E-state index in [0.29, 0.717) is 6.61 Å². The molecule has 0 spiro atoms. The van der Waals surface area contributed by atoms with Gasteiger partial charge in [0.2, 0.25) is 0 Å². The molecule has 0 unspecified atom stereocenters. The summed E-state index contributed by atoms with van der Waals surface area (Å²) in [4.78, 5) is 10.8. The summed E-state index contributed by atoms with van der Waals surface area (Å²) >= 11 is 0. The monoisotopic (exact) mass is 277 g/mol. The zero-order chi connectivity index (χ0) is 13.8. The fourth-order valence-electron chi connectivity index (χ4n) is 1.24. The molecule has 0 fully saturated rings. The highest BCUT2D eigenvalue weighted by Crippen LogP contribution is 2.16. The van der Waals surface area contributed by atoms with Crippen molar-refractivity contribution in [2.75, 3.05) is 26.8 Å². The highest BCUT2D eigenvalue weighted by atomic mass is 32.2. The van der Waals surface area contributed by atoms with Crippen LogP contribution in [0.15, 0.2) is 11.2 Å². The Morgan fingerprint density at radius 3 is 2.83 bits per heavy atom. The van der Waals surface area contributed by atoms with E-state index in [2.05, 4.69) is 10.2 Å². The molecule has 0 saturated carbocycles. The van der Waals surface area contributed by atoms with Gasteiger partial charge < -0.3 is 9.84 Å². The van der Waals surface area contributed by atoms with E-state index in [4.69, 9.17) is 9.84 Å². The Morgan fingerprint density at radius 1 is 1.61 bits per heavy atom. The number of sulfonamides is 1. The van der Waals surface area contributed by atoms with Crippen LogP contribution in [0.2, 0.25) is 0 Å². The van der Waals surface area contributed by atoms with Crippen molar-refractivity contribution in [1.82, 2.24) is 14.5 Å². The molecule has 2 N–H and O–H groups in total. The van der Waals surface area contributed by atoms with Crippen molar-refractivity contribution < 1.29 is 23.1 Å². The molecule has 18 heavy (non-hydrogen) atoms. The van der Waals surface area contributed by atoms with Crippen LogP contribution in [-0.2, 0) is 14.8 Å². The maximum Gasteiger partial charge on any atom is 0.340 e. The van der Waals surface area contributed by atoms with Gasteiger partial charge in [0.25, 0.3) is 10.0 Å². The molecular formula is C9H15N3O5S. The zero-order valence-corrected chi connectivity index (χ0v) is 10.9. The minimum absolute atomic E-state index is 0.133. The normalized spacial score (nSPS) is 11.9. The molecule has 0 aromatic carbocycles. The Balaban J connectivity index is 2.92. The summed E-state index contributed by atoms with van der Waals surface area (Å²) in [5.41, 5.74) is -0.377. The number of ether oxygens (including phenoxy) is 1. The van der Waals surface area contributed by atoms with E-state index in [1.165, 1.54) is 7.05 Å². The summed E-state index contributed by atoms with van der Waals surface area (Å²) in [7, 11) is -2.55. The van der Waals surface area contributed by atoms with Crippen LogP contribution >= 0.6 is 0 Å². The number of carboxylic acids is 1. The maximum atomic E-state index is 12.0. The first-order valence-corrected chi connectivity index (χ1v) is 6.66. The number of likely N-dealkylation sites (N-methyl/N-ethyl adjacent to an activating group) is 1. The second-order valence-corrected chi connectivity index (χ2v) is 5.42. The highest BCUT2D eigenvalue weighted by molar-refractivity contribution is 7.89. The average molecular weight is 277 g/mol. The maximum absolute atomic E-state index is 12.0. The third-order valence-electron chi connectivity index (χ3n) is 2.26. The van der Waals surface area contributed by atoms with E-state index in [1.807, 2.05) is 0 Å². The third kappa shape index (κ3) is 3.06. The van der Waals surface area contributed by atoms with Crippen molar-refractivity contribution in [2.24, 2.45) is 0 Å². The van der Waals surface area contributed by atoms with Crippen molar-refractivity contribution in [3.05, 3.63) is 11.8 Å². The number of carbonyl (C=O) groups is 1. The molecule has 0 atom stereocenters. The number of nitrogens with one attached hydrogen (secondary N) is 1.